The Balaban J connectivity index is 1.62. The molecule has 0 radical (unpaired) electrons. The maximum absolute atomic E-state index is 11.9. The summed E-state index contributed by atoms with van der Waals surface area (Å²) < 4.78 is 5.47. The zero-order valence-corrected chi connectivity index (χ0v) is 15.2. The van der Waals surface area contributed by atoms with Crippen molar-refractivity contribution in [3.05, 3.63) is 0 Å². The molecule has 1 N–H and O–H groups in total. The van der Waals surface area contributed by atoms with E-state index >= 15 is 0 Å². The lowest BCUT2D eigenvalue weighted by Crippen LogP contribution is -2.43. The predicted octanol–water partition coefficient (Wildman–Crippen LogP) is 1.32. The van der Waals surface area contributed by atoms with Crippen molar-refractivity contribution in [1.29, 1.82) is 0 Å². The van der Waals surface area contributed by atoms with Gasteiger partial charge in [-0.05, 0) is 31.1 Å². The summed E-state index contributed by atoms with van der Waals surface area (Å²) in [5.74, 6) is 1.52. The van der Waals surface area contributed by atoms with Gasteiger partial charge in [-0.15, -0.1) is 0 Å². The summed E-state index contributed by atoms with van der Waals surface area (Å²) in [5.41, 5.74) is 0.504. The van der Waals surface area contributed by atoms with Gasteiger partial charge in [-0.3, -0.25) is 4.79 Å². The zero-order chi connectivity index (χ0) is 17.0. The lowest BCUT2D eigenvalue weighted by atomic mass is 9.86. The van der Waals surface area contributed by atoms with Gasteiger partial charge in [0.05, 0.1) is 6.61 Å². The number of rotatable bonds is 4. The van der Waals surface area contributed by atoms with Crippen molar-refractivity contribution in [2.45, 2.75) is 38.5 Å². The molecule has 6 heteroatoms. The Bertz CT molecular complexity index is 466. The second-order valence-electron chi connectivity index (χ2n) is 7.92. The highest BCUT2D eigenvalue weighted by atomic mass is 16.5. The summed E-state index contributed by atoms with van der Waals surface area (Å²) in [6, 6.07) is 0. The van der Waals surface area contributed by atoms with Gasteiger partial charge < -0.3 is 19.9 Å². The van der Waals surface area contributed by atoms with Crippen LogP contribution in [0.1, 0.15) is 38.5 Å². The number of carbonyl (C=O) groups is 1. The fraction of sp³-hybridized carbons (Fsp3) is 0.889. The van der Waals surface area contributed by atoms with E-state index in [-0.39, 0.29) is 12.5 Å². The van der Waals surface area contributed by atoms with Crippen molar-refractivity contribution in [2.75, 3.05) is 53.5 Å². The molecule has 3 fully saturated rings. The molecule has 1 spiro atoms. The molecule has 1 saturated carbocycles. The fourth-order valence-electron chi connectivity index (χ4n) is 4.18. The summed E-state index contributed by atoms with van der Waals surface area (Å²) >= 11 is 0. The highest BCUT2D eigenvalue weighted by molar-refractivity contribution is 5.85. The minimum Gasteiger partial charge on any atom is -0.381 e. The van der Waals surface area contributed by atoms with E-state index in [9.17, 15) is 4.79 Å². The first-order chi connectivity index (χ1) is 11.6. The van der Waals surface area contributed by atoms with Gasteiger partial charge in [0.25, 0.3) is 0 Å². The van der Waals surface area contributed by atoms with Gasteiger partial charge in [0.15, 0.2) is 5.96 Å². The van der Waals surface area contributed by atoms with Crippen LogP contribution in [0.4, 0.5) is 0 Å². The van der Waals surface area contributed by atoms with E-state index in [0.29, 0.717) is 11.3 Å². The normalized spacial score (nSPS) is 26.3. The van der Waals surface area contributed by atoms with Crippen molar-refractivity contribution >= 4 is 11.9 Å². The Labute approximate surface area is 145 Å². The highest BCUT2D eigenvalue weighted by Crippen LogP contribution is 2.45. The maximum Gasteiger partial charge on any atom is 0.243 e. The molecule has 1 unspecified atom stereocenters. The Morgan fingerprint density at radius 2 is 2.12 bits per heavy atom. The third-order valence-electron chi connectivity index (χ3n) is 5.84. The van der Waals surface area contributed by atoms with Gasteiger partial charge in [0.1, 0.15) is 6.54 Å². The van der Waals surface area contributed by atoms with Crippen molar-refractivity contribution in [3.8, 4) is 0 Å². The van der Waals surface area contributed by atoms with Crippen LogP contribution in [-0.2, 0) is 9.53 Å². The summed E-state index contributed by atoms with van der Waals surface area (Å²) in [4.78, 5) is 20.6. The highest BCUT2D eigenvalue weighted by Gasteiger charge is 2.41. The van der Waals surface area contributed by atoms with E-state index in [1.165, 1.54) is 32.1 Å². The van der Waals surface area contributed by atoms with E-state index in [0.717, 1.165) is 45.2 Å². The van der Waals surface area contributed by atoms with Gasteiger partial charge in [-0.2, -0.15) is 0 Å². The van der Waals surface area contributed by atoms with Gasteiger partial charge in [0, 0.05) is 46.3 Å². The lowest BCUT2D eigenvalue weighted by molar-refractivity contribution is -0.127. The quantitative estimate of drug-likeness (QED) is 0.621. The average molecular weight is 336 g/mol. The van der Waals surface area contributed by atoms with Gasteiger partial charge in [0.2, 0.25) is 5.91 Å². The Hall–Kier alpha value is -1.30. The number of carbonyl (C=O) groups excluding carboxylic acids is 1. The standard InChI is InChI=1S/C18H32N4O2/c1-21(2)16(23)12-20-17(19-11-15-5-10-24-13-15)22-9-8-18(14-22)6-3-4-7-18/h15H,3-14H2,1-2H3,(H,19,20). The lowest BCUT2D eigenvalue weighted by Gasteiger charge is -2.26. The number of likely N-dealkylation sites (N-methyl/N-ethyl adjacent to an activating group) is 1. The maximum atomic E-state index is 11.9. The van der Waals surface area contributed by atoms with E-state index in [2.05, 4.69) is 15.2 Å². The molecule has 1 aliphatic carbocycles. The van der Waals surface area contributed by atoms with Crippen molar-refractivity contribution in [3.63, 3.8) is 0 Å². The van der Waals surface area contributed by atoms with Crippen LogP contribution in [0.5, 0.6) is 0 Å². The molecule has 3 aliphatic rings. The van der Waals surface area contributed by atoms with Crippen LogP contribution in [0.3, 0.4) is 0 Å². The minimum atomic E-state index is 0.0493. The molecule has 3 rings (SSSR count). The second-order valence-corrected chi connectivity index (χ2v) is 7.92. The van der Waals surface area contributed by atoms with E-state index in [1.54, 1.807) is 19.0 Å². The number of ether oxygens (including phenoxy) is 1. The molecule has 0 aromatic carbocycles. The molecule has 0 bridgehead atoms. The van der Waals surface area contributed by atoms with Gasteiger partial charge in [-0.1, -0.05) is 12.8 Å². The molecule has 2 heterocycles. The van der Waals surface area contributed by atoms with Crippen LogP contribution < -0.4 is 5.32 Å². The number of aliphatic imine (C=N–C) groups is 1. The molecule has 136 valence electrons. The average Bonchev–Trinajstić information content (AvgIpc) is 3.31. The Morgan fingerprint density at radius 3 is 2.79 bits per heavy atom. The van der Waals surface area contributed by atoms with Crippen LogP contribution in [0.25, 0.3) is 0 Å². The molecule has 0 aromatic heterocycles. The first-order valence-corrected chi connectivity index (χ1v) is 9.39. The first kappa shape index (κ1) is 17.5. The molecule has 1 atom stereocenters. The number of likely N-dealkylation sites (tertiary alicyclic amines) is 1. The van der Waals surface area contributed by atoms with Crippen LogP contribution >= 0.6 is 0 Å². The summed E-state index contributed by atoms with van der Waals surface area (Å²) in [7, 11) is 3.56. The van der Waals surface area contributed by atoms with Crippen molar-refractivity contribution < 1.29 is 9.53 Å². The smallest absolute Gasteiger partial charge is 0.243 e. The molecule has 1 amide bonds. The van der Waals surface area contributed by atoms with Crippen LogP contribution in [0.15, 0.2) is 4.99 Å². The first-order valence-electron chi connectivity index (χ1n) is 9.39. The van der Waals surface area contributed by atoms with Crippen LogP contribution in [-0.4, -0.2) is 75.2 Å². The van der Waals surface area contributed by atoms with Gasteiger partial charge in [-0.25, -0.2) is 4.99 Å². The zero-order valence-electron chi connectivity index (χ0n) is 15.2. The molecule has 2 saturated heterocycles. The SMILES string of the molecule is CN(C)C(=O)CN=C(NCC1CCOC1)N1CCC2(CCCC2)C1. The molecule has 0 aromatic rings. The molecular formula is C18H32N4O2. The van der Waals surface area contributed by atoms with Gasteiger partial charge >= 0.3 is 0 Å². The third-order valence-corrected chi connectivity index (χ3v) is 5.84. The summed E-state index contributed by atoms with van der Waals surface area (Å²) in [5, 5.41) is 3.53. The molecular weight excluding hydrogens is 304 g/mol. The Morgan fingerprint density at radius 1 is 1.33 bits per heavy atom. The summed E-state index contributed by atoms with van der Waals surface area (Å²) in [6.07, 6.45) is 7.81. The molecule has 2 aliphatic heterocycles. The van der Waals surface area contributed by atoms with E-state index in [1.807, 2.05) is 0 Å². The number of amides is 1. The minimum absolute atomic E-state index is 0.0493. The fourth-order valence-corrected chi connectivity index (χ4v) is 4.18. The number of nitrogens with zero attached hydrogens (tertiary/aromatic N) is 3. The Kier molecular flexibility index (Phi) is 5.64. The monoisotopic (exact) mass is 336 g/mol. The van der Waals surface area contributed by atoms with Crippen LogP contribution in [0, 0.1) is 11.3 Å². The second kappa shape index (κ2) is 7.72. The van der Waals surface area contributed by atoms with Crippen molar-refractivity contribution in [1.82, 2.24) is 15.1 Å². The predicted molar refractivity (Wildman–Crippen MR) is 95.0 cm³/mol. The number of hydrogen-bond acceptors (Lipinski definition) is 3. The molecule has 24 heavy (non-hydrogen) atoms. The van der Waals surface area contributed by atoms with E-state index in [4.69, 9.17) is 4.74 Å². The summed E-state index contributed by atoms with van der Waals surface area (Å²) in [6.45, 7) is 4.96. The van der Waals surface area contributed by atoms with E-state index < -0.39 is 0 Å². The van der Waals surface area contributed by atoms with Crippen molar-refractivity contribution in [2.24, 2.45) is 16.3 Å². The number of nitrogens with one attached hydrogen (secondary N) is 1. The van der Waals surface area contributed by atoms with Crippen LogP contribution in [0.2, 0.25) is 0 Å². The third kappa shape index (κ3) is 4.21. The largest absolute Gasteiger partial charge is 0.381 e. The molecule has 6 nitrogen and oxygen atoms in total. The number of hydrogen-bond donors (Lipinski definition) is 1. The number of guanidine groups is 1. The topological polar surface area (TPSA) is 57.2 Å².